The zero-order chi connectivity index (χ0) is 22.8. The van der Waals surface area contributed by atoms with Gasteiger partial charge in [-0.15, -0.1) is 0 Å². The van der Waals surface area contributed by atoms with Crippen molar-refractivity contribution in [2.75, 3.05) is 7.11 Å². The Balaban J connectivity index is 1.41. The Hall–Kier alpha value is -4.20. The first-order chi connectivity index (χ1) is 15.5. The second-order valence-corrected chi connectivity index (χ2v) is 6.71. The van der Waals surface area contributed by atoms with Crippen molar-refractivity contribution in [2.24, 2.45) is 5.10 Å². The van der Waals surface area contributed by atoms with Crippen LogP contribution >= 0.6 is 0 Å². The van der Waals surface area contributed by atoms with Crippen molar-refractivity contribution < 1.29 is 23.5 Å². The number of benzene rings is 3. The van der Waals surface area contributed by atoms with Gasteiger partial charge in [0.2, 0.25) is 0 Å². The van der Waals surface area contributed by atoms with Crippen molar-refractivity contribution >= 4 is 18.0 Å². The topological polar surface area (TPSA) is 89.0 Å². The summed E-state index contributed by atoms with van der Waals surface area (Å²) in [6.45, 7) is 0.523. The van der Waals surface area contributed by atoms with Gasteiger partial charge in [-0.2, -0.15) is 5.10 Å². The lowest BCUT2D eigenvalue weighted by atomic mass is 10.2. The summed E-state index contributed by atoms with van der Waals surface area (Å²) in [5, 5.41) is 6.31. The number of methoxy groups -OCH3 is 1. The summed E-state index contributed by atoms with van der Waals surface area (Å²) in [7, 11) is 1.57. The Labute approximate surface area is 184 Å². The molecule has 0 bridgehead atoms. The normalized spacial score (nSPS) is 10.6. The van der Waals surface area contributed by atoms with E-state index in [4.69, 9.17) is 9.47 Å². The molecular weight excluding hydrogens is 413 g/mol. The third kappa shape index (κ3) is 6.94. The van der Waals surface area contributed by atoms with E-state index in [1.807, 2.05) is 0 Å². The molecule has 3 rings (SSSR count). The molecule has 3 aromatic carbocycles. The van der Waals surface area contributed by atoms with Crippen LogP contribution in [0.4, 0.5) is 4.39 Å². The van der Waals surface area contributed by atoms with Crippen molar-refractivity contribution in [3.8, 4) is 11.5 Å². The third-order valence-corrected chi connectivity index (χ3v) is 4.40. The molecule has 0 aliphatic carbocycles. The highest BCUT2D eigenvalue weighted by Crippen LogP contribution is 2.14. The molecule has 164 valence electrons. The lowest BCUT2D eigenvalue weighted by Crippen LogP contribution is -2.37. The summed E-state index contributed by atoms with van der Waals surface area (Å²) in [4.78, 5) is 23.7. The molecule has 0 aromatic heterocycles. The number of hydrogen-bond acceptors (Lipinski definition) is 5. The standard InChI is InChI=1S/C24H22FN3O4/c1-31-21-10-4-17(5-11-21)14-26-23(29)24(30)28-27-15-18-6-12-22(13-7-18)32-16-19-2-8-20(25)9-3-19/h2-13,15H,14,16H2,1H3,(H,26,29)(H,28,30)/b27-15-. The van der Waals surface area contributed by atoms with E-state index in [1.54, 1.807) is 67.8 Å². The first-order valence-electron chi connectivity index (χ1n) is 9.75. The highest BCUT2D eigenvalue weighted by Gasteiger charge is 2.11. The van der Waals surface area contributed by atoms with Gasteiger partial charge in [-0.05, 0) is 65.2 Å². The second kappa shape index (κ2) is 11.3. The largest absolute Gasteiger partial charge is 0.497 e. The van der Waals surface area contributed by atoms with Crippen LogP contribution in [0.5, 0.6) is 11.5 Å². The minimum Gasteiger partial charge on any atom is -0.497 e. The zero-order valence-electron chi connectivity index (χ0n) is 17.4. The van der Waals surface area contributed by atoms with Crippen molar-refractivity contribution in [3.63, 3.8) is 0 Å². The smallest absolute Gasteiger partial charge is 0.329 e. The van der Waals surface area contributed by atoms with E-state index in [2.05, 4.69) is 15.8 Å². The van der Waals surface area contributed by atoms with Crippen LogP contribution in [0.1, 0.15) is 16.7 Å². The van der Waals surface area contributed by atoms with Gasteiger partial charge < -0.3 is 14.8 Å². The fourth-order valence-electron chi connectivity index (χ4n) is 2.62. The Bertz CT molecular complexity index is 1070. The molecule has 0 atom stereocenters. The quantitative estimate of drug-likeness (QED) is 0.323. The maximum Gasteiger partial charge on any atom is 0.329 e. The first kappa shape index (κ1) is 22.5. The molecule has 0 saturated heterocycles. The van der Waals surface area contributed by atoms with E-state index in [-0.39, 0.29) is 12.4 Å². The highest BCUT2D eigenvalue weighted by atomic mass is 19.1. The third-order valence-electron chi connectivity index (χ3n) is 4.40. The van der Waals surface area contributed by atoms with Gasteiger partial charge in [-0.3, -0.25) is 9.59 Å². The van der Waals surface area contributed by atoms with Crippen molar-refractivity contribution in [2.45, 2.75) is 13.2 Å². The number of hydrogen-bond donors (Lipinski definition) is 2. The summed E-state index contributed by atoms with van der Waals surface area (Å²) in [5.41, 5.74) is 4.58. The average Bonchev–Trinajstić information content (AvgIpc) is 2.83. The van der Waals surface area contributed by atoms with Gasteiger partial charge in [0.25, 0.3) is 0 Å². The van der Waals surface area contributed by atoms with Crippen LogP contribution in [0.2, 0.25) is 0 Å². The lowest BCUT2D eigenvalue weighted by molar-refractivity contribution is -0.139. The number of amides is 2. The summed E-state index contributed by atoms with van der Waals surface area (Å²) < 4.78 is 23.6. The number of ether oxygens (including phenoxy) is 2. The Kier molecular flexibility index (Phi) is 7.91. The average molecular weight is 435 g/mol. The number of nitrogens with zero attached hydrogens (tertiary/aromatic N) is 1. The van der Waals surface area contributed by atoms with E-state index < -0.39 is 11.8 Å². The van der Waals surface area contributed by atoms with Gasteiger partial charge in [-0.1, -0.05) is 24.3 Å². The minimum absolute atomic E-state index is 0.208. The van der Waals surface area contributed by atoms with Crippen LogP contribution < -0.4 is 20.2 Å². The molecule has 2 amide bonds. The van der Waals surface area contributed by atoms with Crippen LogP contribution in [0.15, 0.2) is 77.9 Å². The zero-order valence-corrected chi connectivity index (χ0v) is 17.4. The maximum atomic E-state index is 12.9. The molecule has 0 saturated carbocycles. The monoisotopic (exact) mass is 435 g/mol. The number of nitrogens with one attached hydrogen (secondary N) is 2. The predicted octanol–water partition coefficient (Wildman–Crippen LogP) is 3.18. The molecule has 3 aromatic rings. The van der Waals surface area contributed by atoms with Crippen LogP contribution in [0.3, 0.4) is 0 Å². The second-order valence-electron chi connectivity index (χ2n) is 6.71. The molecule has 0 spiro atoms. The van der Waals surface area contributed by atoms with Gasteiger partial charge in [0, 0.05) is 6.54 Å². The molecule has 8 heteroatoms. The Morgan fingerprint density at radius 3 is 2.16 bits per heavy atom. The van der Waals surface area contributed by atoms with Gasteiger partial charge >= 0.3 is 11.8 Å². The molecule has 0 radical (unpaired) electrons. The van der Waals surface area contributed by atoms with E-state index in [0.29, 0.717) is 23.7 Å². The first-order valence-corrected chi connectivity index (χ1v) is 9.75. The van der Waals surface area contributed by atoms with Crippen molar-refractivity contribution in [1.82, 2.24) is 10.7 Å². The fraction of sp³-hybridized carbons (Fsp3) is 0.125. The van der Waals surface area contributed by atoms with E-state index >= 15 is 0 Å². The number of carbonyl (C=O) groups is 2. The van der Waals surface area contributed by atoms with Gasteiger partial charge in [0.05, 0.1) is 13.3 Å². The fourth-order valence-corrected chi connectivity index (χ4v) is 2.62. The van der Waals surface area contributed by atoms with Gasteiger partial charge in [0.1, 0.15) is 23.9 Å². The number of rotatable bonds is 8. The van der Waals surface area contributed by atoms with Crippen LogP contribution in [0.25, 0.3) is 0 Å². The summed E-state index contributed by atoms with van der Waals surface area (Å²) in [5.74, 6) is -0.608. The van der Waals surface area contributed by atoms with Crippen molar-refractivity contribution in [1.29, 1.82) is 0 Å². The molecule has 0 heterocycles. The minimum atomic E-state index is -0.867. The molecular formula is C24H22FN3O4. The molecule has 0 aliphatic rings. The van der Waals surface area contributed by atoms with Crippen LogP contribution in [0, 0.1) is 5.82 Å². The summed E-state index contributed by atoms with van der Waals surface area (Å²) in [6, 6.07) is 20.2. The predicted molar refractivity (Wildman–Crippen MR) is 118 cm³/mol. The number of carbonyl (C=O) groups excluding carboxylic acids is 2. The SMILES string of the molecule is COc1ccc(CNC(=O)C(=O)N/N=C\c2ccc(OCc3ccc(F)cc3)cc2)cc1. The van der Waals surface area contributed by atoms with Gasteiger partial charge in [-0.25, -0.2) is 9.82 Å². The molecule has 7 nitrogen and oxygen atoms in total. The molecule has 0 unspecified atom stereocenters. The van der Waals surface area contributed by atoms with E-state index in [9.17, 15) is 14.0 Å². The Morgan fingerprint density at radius 2 is 1.50 bits per heavy atom. The molecule has 0 fully saturated rings. The van der Waals surface area contributed by atoms with Crippen molar-refractivity contribution in [3.05, 3.63) is 95.3 Å². The van der Waals surface area contributed by atoms with Gasteiger partial charge in [0.15, 0.2) is 0 Å². The van der Waals surface area contributed by atoms with Crippen LogP contribution in [-0.2, 0) is 22.7 Å². The summed E-state index contributed by atoms with van der Waals surface area (Å²) >= 11 is 0. The van der Waals surface area contributed by atoms with E-state index in [0.717, 1.165) is 11.1 Å². The summed E-state index contributed by atoms with van der Waals surface area (Å²) in [6.07, 6.45) is 1.42. The Morgan fingerprint density at radius 1 is 0.875 bits per heavy atom. The molecule has 32 heavy (non-hydrogen) atoms. The number of hydrazone groups is 1. The molecule has 2 N–H and O–H groups in total. The van der Waals surface area contributed by atoms with E-state index in [1.165, 1.54) is 18.3 Å². The number of halogens is 1. The maximum absolute atomic E-state index is 12.9. The molecule has 0 aliphatic heterocycles. The highest BCUT2D eigenvalue weighted by molar-refractivity contribution is 6.35. The van der Waals surface area contributed by atoms with Crippen LogP contribution in [-0.4, -0.2) is 25.1 Å². The lowest BCUT2D eigenvalue weighted by Gasteiger charge is -2.06.